The number of para-hydroxylation sites is 2. The van der Waals surface area contributed by atoms with E-state index in [1.54, 1.807) is 0 Å². The third-order valence-corrected chi connectivity index (χ3v) is 7.14. The molecule has 2 heterocycles. The maximum atomic E-state index is 6.49. The molecule has 2 heteroatoms. The summed E-state index contributed by atoms with van der Waals surface area (Å²) in [5.41, 5.74) is 5.49. The van der Waals surface area contributed by atoms with Gasteiger partial charge in [-0.25, -0.2) is 0 Å². The fourth-order valence-corrected chi connectivity index (χ4v) is 5.70. The van der Waals surface area contributed by atoms with E-state index in [4.69, 9.17) is 4.42 Å². The zero-order chi connectivity index (χ0) is 22.2. The first-order chi connectivity index (χ1) is 16.9. The average Bonchev–Trinajstić information content (AvgIpc) is 3.45. The van der Waals surface area contributed by atoms with Crippen molar-refractivity contribution in [2.24, 2.45) is 0 Å². The number of hydrogen-bond donors (Lipinski definition) is 0. The van der Waals surface area contributed by atoms with Crippen molar-refractivity contribution in [1.82, 2.24) is 4.57 Å². The van der Waals surface area contributed by atoms with Crippen molar-refractivity contribution in [2.45, 2.75) is 0 Å². The molecule has 34 heavy (non-hydrogen) atoms. The molecule has 0 radical (unpaired) electrons. The van der Waals surface area contributed by atoms with E-state index in [0.29, 0.717) is 0 Å². The highest BCUT2D eigenvalue weighted by Gasteiger charge is 2.22. The summed E-state index contributed by atoms with van der Waals surface area (Å²) in [6.07, 6.45) is 0. The van der Waals surface area contributed by atoms with Gasteiger partial charge in [0.25, 0.3) is 0 Å². The maximum Gasteiger partial charge on any atom is 0.144 e. The monoisotopic (exact) mass is 433 g/mol. The number of aromatic nitrogens is 1. The standard InChI is InChI=1S/C32H19NO/c1-2-10-21-19-22(18-17-20(21)9-1)33-27-15-7-5-13-25(27)29-30-26-14-6-8-16-28(26)34-32(30)24-12-4-3-11-23(24)31(29)33/h1-19H. The lowest BCUT2D eigenvalue weighted by Crippen LogP contribution is -1.94. The van der Waals surface area contributed by atoms with Crippen LogP contribution in [0.25, 0.3) is 71.0 Å². The molecule has 0 aliphatic heterocycles. The van der Waals surface area contributed by atoms with Gasteiger partial charge < -0.3 is 8.98 Å². The predicted octanol–water partition coefficient (Wildman–Crippen LogP) is 8.99. The van der Waals surface area contributed by atoms with Crippen LogP contribution in [0.3, 0.4) is 0 Å². The zero-order valence-corrected chi connectivity index (χ0v) is 18.3. The Balaban J connectivity index is 1.69. The highest BCUT2D eigenvalue weighted by Crippen LogP contribution is 2.45. The molecule has 0 unspecified atom stereocenters. The molecule has 0 aliphatic carbocycles. The fourth-order valence-electron chi connectivity index (χ4n) is 5.70. The van der Waals surface area contributed by atoms with Crippen LogP contribution >= 0.6 is 0 Å². The molecule has 0 spiro atoms. The molecule has 6 aromatic carbocycles. The van der Waals surface area contributed by atoms with Crippen molar-refractivity contribution >= 4 is 65.3 Å². The lowest BCUT2D eigenvalue weighted by Gasteiger charge is -2.11. The Morgan fingerprint density at radius 2 is 1.18 bits per heavy atom. The molecule has 0 fully saturated rings. The molecule has 0 saturated carbocycles. The number of rotatable bonds is 1. The molecule has 2 nitrogen and oxygen atoms in total. The molecule has 0 aliphatic rings. The van der Waals surface area contributed by atoms with Gasteiger partial charge >= 0.3 is 0 Å². The second-order valence-corrected chi connectivity index (χ2v) is 8.96. The van der Waals surface area contributed by atoms with Crippen LogP contribution in [0.1, 0.15) is 0 Å². The van der Waals surface area contributed by atoms with E-state index in [1.807, 2.05) is 6.07 Å². The summed E-state index contributed by atoms with van der Waals surface area (Å²) in [5.74, 6) is 0. The van der Waals surface area contributed by atoms with Gasteiger partial charge in [0.1, 0.15) is 11.2 Å². The second-order valence-electron chi connectivity index (χ2n) is 8.96. The Bertz CT molecular complexity index is 2070. The molecule has 0 bridgehead atoms. The van der Waals surface area contributed by atoms with Crippen molar-refractivity contribution in [3.8, 4) is 5.69 Å². The van der Waals surface area contributed by atoms with Crippen molar-refractivity contribution in [3.05, 3.63) is 115 Å². The van der Waals surface area contributed by atoms with Crippen LogP contribution in [0.15, 0.2) is 120 Å². The summed E-state index contributed by atoms with van der Waals surface area (Å²) < 4.78 is 8.92. The summed E-state index contributed by atoms with van der Waals surface area (Å²) in [6.45, 7) is 0. The molecule has 0 atom stereocenters. The normalized spacial score (nSPS) is 12.1. The zero-order valence-electron chi connectivity index (χ0n) is 18.3. The molecule has 158 valence electrons. The van der Waals surface area contributed by atoms with E-state index < -0.39 is 0 Å². The molecule has 2 aromatic heterocycles. The third kappa shape index (κ3) is 2.24. The van der Waals surface area contributed by atoms with E-state index in [9.17, 15) is 0 Å². The second kappa shape index (κ2) is 6.49. The van der Waals surface area contributed by atoms with Crippen molar-refractivity contribution in [1.29, 1.82) is 0 Å². The third-order valence-electron chi connectivity index (χ3n) is 7.14. The van der Waals surface area contributed by atoms with Crippen molar-refractivity contribution in [2.75, 3.05) is 0 Å². The van der Waals surface area contributed by atoms with E-state index in [2.05, 4.69) is 114 Å². The number of fused-ring (bicyclic) bond motifs is 11. The highest BCUT2D eigenvalue weighted by atomic mass is 16.3. The van der Waals surface area contributed by atoms with E-state index in [0.717, 1.165) is 21.9 Å². The largest absolute Gasteiger partial charge is 0.455 e. The van der Waals surface area contributed by atoms with Gasteiger partial charge in [-0.2, -0.15) is 0 Å². The molecule has 0 N–H and O–H groups in total. The molecule has 8 rings (SSSR count). The van der Waals surface area contributed by atoms with Crippen LogP contribution in [-0.4, -0.2) is 4.57 Å². The summed E-state index contributed by atoms with van der Waals surface area (Å²) in [5, 5.41) is 9.69. The summed E-state index contributed by atoms with van der Waals surface area (Å²) in [6, 6.07) is 41.1. The first-order valence-corrected chi connectivity index (χ1v) is 11.6. The summed E-state index contributed by atoms with van der Waals surface area (Å²) >= 11 is 0. The Labute approximate surface area is 195 Å². The van der Waals surface area contributed by atoms with Crippen LogP contribution in [0, 0.1) is 0 Å². The quantitative estimate of drug-likeness (QED) is 0.253. The van der Waals surface area contributed by atoms with Crippen LogP contribution in [0.4, 0.5) is 0 Å². The SMILES string of the molecule is c1ccc2cc(-n3c4ccccc4c4c5c6ccccc6oc5c5ccccc5c43)ccc2c1. The van der Waals surface area contributed by atoms with Gasteiger partial charge in [-0.3, -0.25) is 0 Å². The van der Waals surface area contributed by atoms with Gasteiger partial charge in [0.15, 0.2) is 0 Å². The summed E-state index contributed by atoms with van der Waals surface area (Å²) in [4.78, 5) is 0. The number of furan rings is 1. The van der Waals surface area contributed by atoms with Crippen LogP contribution in [0.2, 0.25) is 0 Å². The molecular formula is C32H19NO. The average molecular weight is 434 g/mol. The van der Waals surface area contributed by atoms with Crippen molar-refractivity contribution < 1.29 is 4.42 Å². The van der Waals surface area contributed by atoms with E-state index in [-0.39, 0.29) is 0 Å². The van der Waals surface area contributed by atoms with Crippen LogP contribution in [-0.2, 0) is 0 Å². The van der Waals surface area contributed by atoms with Crippen molar-refractivity contribution in [3.63, 3.8) is 0 Å². The topological polar surface area (TPSA) is 18.1 Å². The fraction of sp³-hybridized carbons (Fsp3) is 0. The predicted molar refractivity (Wildman–Crippen MR) is 143 cm³/mol. The Hall–Kier alpha value is -4.56. The minimum absolute atomic E-state index is 0.928. The molecule has 8 aromatic rings. The first-order valence-electron chi connectivity index (χ1n) is 11.6. The molecular weight excluding hydrogens is 414 g/mol. The van der Waals surface area contributed by atoms with Crippen LogP contribution in [0.5, 0.6) is 0 Å². The minimum Gasteiger partial charge on any atom is -0.455 e. The molecule has 0 amide bonds. The smallest absolute Gasteiger partial charge is 0.144 e. The van der Waals surface area contributed by atoms with E-state index in [1.165, 1.54) is 49.0 Å². The summed E-state index contributed by atoms with van der Waals surface area (Å²) in [7, 11) is 0. The molecule has 0 saturated heterocycles. The van der Waals surface area contributed by atoms with Gasteiger partial charge in [-0.1, -0.05) is 91.0 Å². The maximum absolute atomic E-state index is 6.49. The lowest BCUT2D eigenvalue weighted by atomic mass is 9.99. The Morgan fingerprint density at radius 3 is 2.06 bits per heavy atom. The number of hydrogen-bond acceptors (Lipinski definition) is 1. The number of benzene rings is 6. The van der Waals surface area contributed by atoms with Crippen LogP contribution < -0.4 is 0 Å². The Morgan fingerprint density at radius 1 is 0.500 bits per heavy atom. The highest BCUT2D eigenvalue weighted by molar-refractivity contribution is 6.35. The number of nitrogens with zero attached hydrogens (tertiary/aromatic N) is 1. The lowest BCUT2D eigenvalue weighted by molar-refractivity contribution is 0.673. The van der Waals surface area contributed by atoms with Gasteiger partial charge in [0, 0.05) is 38.0 Å². The van der Waals surface area contributed by atoms with Gasteiger partial charge in [-0.15, -0.1) is 0 Å². The van der Waals surface area contributed by atoms with Gasteiger partial charge in [0.2, 0.25) is 0 Å². The first kappa shape index (κ1) is 17.9. The van der Waals surface area contributed by atoms with Gasteiger partial charge in [0.05, 0.1) is 11.0 Å². The van der Waals surface area contributed by atoms with E-state index >= 15 is 0 Å². The van der Waals surface area contributed by atoms with Gasteiger partial charge in [-0.05, 0) is 35.0 Å². The Kier molecular flexibility index (Phi) is 3.42. The minimum atomic E-state index is 0.928.